The van der Waals surface area contributed by atoms with Gasteiger partial charge in [-0.25, -0.2) is 0 Å². The molecular weight excluding hydrogens is 284 g/mol. The Balaban J connectivity index is 2.16. The van der Waals surface area contributed by atoms with Crippen molar-refractivity contribution in [3.63, 3.8) is 0 Å². The Bertz CT molecular complexity index is 668. The summed E-state index contributed by atoms with van der Waals surface area (Å²) in [4.78, 5) is 22.1. The van der Waals surface area contributed by atoms with Gasteiger partial charge < -0.3 is 5.32 Å². The molecule has 0 spiro atoms. The molecule has 0 bridgehead atoms. The molecule has 0 fully saturated rings. The molecule has 1 N–H and O–H groups in total. The van der Waals surface area contributed by atoms with Gasteiger partial charge in [0.1, 0.15) is 5.02 Å². The van der Waals surface area contributed by atoms with E-state index in [1.807, 2.05) is 0 Å². The fourth-order valence-electron chi connectivity index (χ4n) is 1.68. The maximum atomic E-state index is 12.0. The average Bonchev–Trinajstić information content (AvgIpc) is 2.81. The standard InChI is InChI=1S/C12H11ClN4O3/c1-16-8(5-6-15-16)7-14-12(18)9-3-2-4-10(11(9)13)17(19)20/h2-6H,7H2,1H3,(H,14,18). The van der Waals surface area contributed by atoms with Crippen molar-refractivity contribution < 1.29 is 9.72 Å². The molecule has 2 rings (SSSR count). The molecule has 0 atom stereocenters. The van der Waals surface area contributed by atoms with Crippen molar-refractivity contribution in [3.8, 4) is 0 Å². The van der Waals surface area contributed by atoms with Gasteiger partial charge in [0.25, 0.3) is 11.6 Å². The van der Waals surface area contributed by atoms with Crippen LogP contribution in [0.3, 0.4) is 0 Å². The summed E-state index contributed by atoms with van der Waals surface area (Å²) >= 11 is 5.87. The molecule has 1 amide bonds. The summed E-state index contributed by atoms with van der Waals surface area (Å²) in [6, 6.07) is 5.87. The van der Waals surface area contributed by atoms with Gasteiger partial charge in [-0.1, -0.05) is 17.7 Å². The van der Waals surface area contributed by atoms with Gasteiger partial charge >= 0.3 is 0 Å². The van der Waals surface area contributed by atoms with Crippen LogP contribution in [0.2, 0.25) is 5.02 Å². The van der Waals surface area contributed by atoms with Crippen LogP contribution < -0.4 is 5.32 Å². The quantitative estimate of drug-likeness (QED) is 0.689. The van der Waals surface area contributed by atoms with Crippen molar-refractivity contribution in [1.29, 1.82) is 0 Å². The summed E-state index contributed by atoms with van der Waals surface area (Å²) < 4.78 is 1.62. The van der Waals surface area contributed by atoms with Crippen molar-refractivity contribution >= 4 is 23.2 Å². The van der Waals surface area contributed by atoms with E-state index in [0.29, 0.717) is 0 Å². The predicted molar refractivity (Wildman–Crippen MR) is 72.5 cm³/mol. The van der Waals surface area contributed by atoms with Crippen LogP contribution in [0.5, 0.6) is 0 Å². The molecule has 20 heavy (non-hydrogen) atoms. The van der Waals surface area contributed by atoms with Crippen molar-refractivity contribution in [1.82, 2.24) is 15.1 Å². The maximum absolute atomic E-state index is 12.0. The largest absolute Gasteiger partial charge is 0.346 e. The lowest BCUT2D eigenvalue weighted by molar-refractivity contribution is -0.384. The molecule has 1 aromatic carbocycles. The third-order valence-electron chi connectivity index (χ3n) is 2.77. The first kappa shape index (κ1) is 14.0. The number of aryl methyl sites for hydroxylation is 1. The lowest BCUT2D eigenvalue weighted by Gasteiger charge is -2.07. The smallest absolute Gasteiger partial charge is 0.288 e. The minimum absolute atomic E-state index is 0.0723. The van der Waals surface area contributed by atoms with E-state index in [1.54, 1.807) is 24.0 Å². The van der Waals surface area contributed by atoms with E-state index in [1.165, 1.54) is 18.2 Å². The van der Waals surface area contributed by atoms with Gasteiger partial charge in [-0.15, -0.1) is 0 Å². The van der Waals surface area contributed by atoms with Crippen molar-refractivity contribution in [2.24, 2.45) is 7.05 Å². The van der Waals surface area contributed by atoms with Gasteiger partial charge in [0, 0.05) is 19.3 Å². The van der Waals surface area contributed by atoms with Crippen LogP contribution in [0.15, 0.2) is 30.5 Å². The molecule has 0 radical (unpaired) electrons. The van der Waals surface area contributed by atoms with E-state index >= 15 is 0 Å². The second-order valence-electron chi connectivity index (χ2n) is 4.02. The molecule has 0 saturated carbocycles. The number of nitrogens with zero attached hydrogens (tertiary/aromatic N) is 3. The van der Waals surface area contributed by atoms with Crippen LogP contribution in [0.4, 0.5) is 5.69 Å². The second kappa shape index (κ2) is 5.70. The lowest BCUT2D eigenvalue weighted by Crippen LogP contribution is -2.24. The average molecular weight is 295 g/mol. The van der Waals surface area contributed by atoms with Crippen LogP contribution in [-0.4, -0.2) is 20.6 Å². The summed E-state index contributed by atoms with van der Waals surface area (Å²) in [6.07, 6.45) is 1.61. The number of benzene rings is 1. The number of carbonyl (C=O) groups excluding carboxylic acids is 1. The first-order chi connectivity index (χ1) is 9.50. The van der Waals surface area contributed by atoms with Gasteiger partial charge in [0.05, 0.1) is 22.7 Å². The van der Waals surface area contributed by atoms with E-state index in [-0.39, 0.29) is 22.8 Å². The Kier molecular flexibility index (Phi) is 3.99. The number of hydrogen-bond acceptors (Lipinski definition) is 4. The number of hydrogen-bond donors (Lipinski definition) is 1. The highest BCUT2D eigenvalue weighted by Gasteiger charge is 2.19. The van der Waals surface area contributed by atoms with Crippen LogP contribution in [-0.2, 0) is 13.6 Å². The summed E-state index contributed by atoms with van der Waals surface area (Å²) in [7, 11) is 1.75. The SMILES string of the molecule is Cn1nccc1CNC(=O)c1cccc([N+](=O)[O-])c1Cl. The Morgan fingerprint density at radius 1 is 1.50 bits per heavy atom. The Labute approximate surface area is 119 Å². The fourth-order valence-corrected chi connectivity index (χ4v) is 1.96. The third kappa shape index (κ3) is 2.77. The summed E-state index contributed by atoms with van der Waals surface area (Å²) in [5.41, 5.74) is 0.586. The molecule has 2 aromatic rings. The number of nitro groups is 1. The van der Waals surface area contributed by atoms with E-state index in [4.69, 9.17) is 11.6 Å². The monoisotopic (exact) mass is 294 g/mol. The van der Waals surface area contributed by atoms with Crippen molar-refractivity contribution in [2.45, 2.75) is 6.54 Å². The topological polar surface area (TPSA) is 90.1 Å². The fraction of sp³-hybridized carbons (Fsp3) is 0.167. The van der Waals surface area contributed by atoms with Gasteiger partial charge in [-0.2, -0.15) is 5.10 Å². The van der Waals surface area contributed by atoms with Crippen LogP contribution >= 0.6 is 11.6 Å². The van der Waals surface area contributed by atoms with E-state index in [0.717, 1.165) is 5.69 Å². The summed E-state index contributed by atoms with van der Waals surface area (Å²) in [5, 5.41) is 17.2. The van der Waals surface area contributed by atoms with Crippen molar-refractivity contribution in [3.05, 3.63) is 56.9 Å². The van der Waals surface area contributed by atoms with Crippen LogP contribution in [0.25, 0.3) is 0 Å². The molecule has 7 nitrogen and oxygen atoms in total. The van der Waals surface area contributed by atoms with E-state index < -0.39 is 10.8 Å². The predicted octanol–water partition coefficient (Wildman–Crippen LogP) is 1.91. The highest BCUT2D eigenvalue weighted by Crippen LogP contribution is 2.27. The Morgan fingerprint density at radius 2 is 2.25 bits per heavy atom. The molecule has 0 saturated heterocycles. The maximum Gasteiger partial charge on any atom is 0.288 e. The number of nitrogens with one attached hydrogen (secondary N) is 1. The zero-order valence-electron chi connectivity index (χ0n) is 10.5. The molecule has 1 heterocycles. The molecule has 0 aliphatic carbocycles. The number of rotatable bonds is 4. The van der Waals surface area contributed by atoms with Gasteiger partial charge in [-0.3, -0.25) is 19.6 Å². The van der Waals surface area contributed by atoms with Gasteiger partial charge in [0.2, 0.25) is 0 Å². The first-order valence-electron chi connectivity index (χ1n) is 5.68. The second-order valence-corrected chi connectivity index (χ2v) is 4.40. The Hall–Kier alpha value is -2.41. The zero-order valence-corrected chi connectivity index (χ0v) is 11.3. The van der Waals surface area contributed by atoms with Crippen LogP contribution in [0.1, 0.15) is 16.1 Å². The minimum Gasteiger partial charge on any atom is -0.346 e. The van der Waals surface area contributed by atoms with E-state index in [9.17, 15) is 14.9 Å². The Morgan fingerprint density at radius 3 is 2.85 bits per heavy atom. The molecule has 0 unspecified atom stereocenters. The molecule has 0 aliphatic heterocycles. The third-order valence-corrected chi connectivity index (χ3v) is 3.17. The van der Waals surface area contributed by atoms with E-state index in [2.05, 4.69) is 10.4 Å². The highest BCUT2D eigenvalue weighted by atomic mass is 35.5. The molecule has 1 aromatic heterocycles. The van der Waals surface area contributed by atoms with Gasteiger partial charge in [0.15, 0.2) is 0 Å². The molecular formula is C12H11ClN4O3. The minimum atomic E-state index is -0.625. The molecule has 104 valence electrons. The normalized spacial score (nSPS) is 10.3. The zero-order chi connectivity index (χ0) is 14.7. The van der Waals surface area contributed by atoms with Gasteiger partial charge in [-0.05, 0) is 12.1 Å². The number of halogens is 1. The first-order valence-corrected chi connectivity index (χ1v) is 6.06. The molecule has 0 aliphatic rings. The summed E-state index contributed by atoms with van der Waals surface area (Å²) in [6.45, 7) is 0.258. The molecule has 8 heteroatoms. The van der Waals surface area contributed by atoms with Crippen LogP contribution in [0, 0.1) is 10.1 Å². The highest BCUT2D eigenvalue weighted by molar-refractivity contribution is 6.35. The number of aromatic nitrogens is 2. The summed E-state index contributed by atoms with van der Waals surface area (Å²) in [5.74, 6) is -0.472. The number of carbonyl (C=O) groups is 1. The number of amides is 1. The van der Waals surface area contributed by atoms with Crippen molar-refractivity contribution in [2.75, 3.05) is 0 Å². The lowest BCUT2D eigenvalue weighted by atomic mass is 10.2. The number of nitro benzene ring substituents is 1.